The molecule has 0 fully saturated rings. The monoisotopic (exact) mass is 399 g/mol. The number of hydrogen-bond acceptors (Lipinski definition) is 7. The highest BCUT2D eigenvalue weighted by atomic mass is 32.3. The zero-order chi connectivity index (χ0) is 18.6. The average Bonchev–Trinajstić information content (AvgIpc) is 2.60. The summed E-state index contributed by atoms with van der Waals surface area (Å²) in [6.45, 7) is 1.02. The van der Waals surface area contributed by atoms with Gasteiger partial charge in [-0.2, -0.15) is 0 Å². The van der Waals surface area contributed by atoms with Crippen LogP contribution in [-0.2, 0) is 24.8 Å². The molecule has 0 saturated heterocycles. The zero-order valence-corrected chi connectivity index (χ0v) is 15.3. The van der Waals surface area contributed by atoms with Crippen LogP contribution in [0.2, 0.25) is 0 Å². The van der Waals surface area contributed by atoms with Gasteiger partial charge < -0.3 is 14.2 Å². The van der Waals surface area contributed by atoms with Crippen LogP contribution in [0, 0.1) is 0 Å². The molecule has 2 aromatic rings. The summed E-state index contributed by atoms with van der Waals surface area (Å²) in [5.41, 5.74) is 0. The Morgan fingerprint density at radius 3 is 1.62 bits per heavy atom. The summed E-state index contributed by atoms with van der Waals surface area (Å²) in [6, 6.07) is 11.1. The van der Waals surface area contributed by atoms with Crippen molar-refractivity contribution in [1.29, 1.82) is 0 Å². The number of fused-ring (bicyclic) bond motifs is 4. The Morgan fingerprint density at radius 2 is 1.15 bits per heavy atom. The van der Waals surface area contributed by atoms with Crippen molar-refractivity contribution in [2.24, 2.45) is 0 Å². The molecule has 0 radical (unpaired) electrons. The third kappa shape index (κ3) is 4.52. The lowest BCUT2D eigenvalue weighted by Crippen LogP contribution is -2.30. The molecule has 0 saturated carbocycles. The summed E-state index contributed by atoms with van der Waals surface area (Å²) >= 11 is 0. The van der Waals surface area contributed by atoms with E-state index in [4.69, 9.17) is 14.2 Å². The number of rotatable bonds is 0. The second kappa shape index (κ2) is 7.62. The highest BCUT2D eigenvalue weighted by Gasteiger charge is 2.25. The van der Waals surface area contributed by atoms with Crippen LogP contribution >= 0.6 is 0 Å². The van der Waals surface area contributed by atoms with E-state index in [0.29, 0.717) is 24.7 Å². The Balaban J connectivity index is 2.00. The zero-order valence-electron chi connectivity index (χ0n) is 13.6. The van der Waals surface area contributed by atoms with Crippen LogP contribution in [0.25, 0.3) is 0 Å². The molecule has 0 aliphatic carbocycles. The van der Waals surface area contributed by atoms with Gasteiger partial charge in [-0.1, -0.05) is 12.1 Å². The molecule has 3 rings (SSSR count). The van der Waals surface area contributed by atoms with Gasteiger partial charge >= 0.3 is 0 Å². The fourth-order valence-electron chi connectivity index (χ4n) is 2.24. The molecule has 0 aromatic heterocycles. The first-order valence-electron chi connectivity index (χ1n) is 7.69. The van der Waals surface area contributed by atoms with Crippen LogP contribution in [-0.4, -0.2) is 43.3 Å². The minimum Gasteiger partial charge on any atom is -0.491 e. The molecule has 1 aliphatic heterocycles. The van der Waals surface area contributed by atoms with Crippen molar-refractivity contribution in [2.45, 2.75) is 9.79 Å². The van der Waals surface area contributed by atoms with E-state index in [1.165, 1.54) is 36.4 Å². The van der Waals surface area contributed by atoms with E-state index in [2.05, 4.69) is 0 Å². The van der Waals surface area contributed by atoms with Crippen molar-refractivity contribution in [3.63, 3.8) is 0 Å². The van der Waals surface area contributed by atoms with Crippen LogP contribution in [0.15, 0.2) is 58.3 Å². The van der Waals surface area contributed by atoms with Crippen LogP contribution in [0.5, 0.6) is 11.5 Å². The van der Waals surface area contributed by atoms with E-state index in [9.17, 15) is 16.8 Å². The first-order chi connectivity index (χ1) is 12.4. The Morgan fingerprint density at radius 1 is 0.692 bits per heavy atom. The molecule has 8 nitrogen and oxygen atoms in total. The third-order valence-corrected chi connectivity index (χ3v) is 6.95. The lowest BCUT2D eigenvalue weighted by Gasteiger charge is -2.13. The summed E-state index contributed by atoms with van der Waals surface area (Å²) in [7, 11) is -8.63. The van der Waals surface area contributed by atoms with Gasteiger partial charge in [-0.3, -0.25) is 0 Å². The van der Waals surface area contributed by atoms with Crippen LogP contribution in [0.4, 0.5) is 0 Å². The van der Waals surface area contributed by atoms with Gasteiger partial charge in [0, 0.05) is 12.1 Å². The highest BCUT2D eigenvalue weighted by molar-refractivity contribution is 8.04. The molecule has 0 unspecified atom stereocenters. The molecular weight excluding hydrogens is 382 g/mol. The van der Waals surface area contributed by atoms with Crippen LogP contribution in [0.1, 0.15) is 0 Å². The molecule has 1 N–H and O–H groups in total. The lowest BCUT2D eigenvalue weighted by atomic mass is 10.3. The summed E-state index contributed by atoms with van der Waals surface area (Å²) < 4.78 is 67.8. The minimum atomic E-state index is -4.31. The minimum absolute atomic E-state index is 0.213. The molecule has 2 aromatic carbocycles. The molecule has 140 valence electrons. The maximum absolute atomic E-state index is 12.5. The molecule has 0 amide bonds. The summed E-state index contributed by atoms with van der Waals surface area (Å²) in [4.78, 5) is -0.446. The quantitative estimate of drug-likeness (QED) is 0.708. The highest BCUT2D eigenvalue weighted by Crippen LogP contribution is 2.21. The van der Waals surface area contributed by atoms with Crippen molar-refractivity contribution in [1.82, 2.24) is 4.13 Å². The van der Waals surface area contributed by atoms with Gasteiger partial charge in [0.15, 0.2) is 0 Å². The van der Waals surface area contributed by atoms with Crippen LogP contribution < -0.4 is 13.6 Å². The average molecular weight is 399 g/mol. The van der Waals surface area contributed by atoms with Crippen molar-refractivity contribution in [3.8, 4) is 11.5 Å². The molecular formula is C16H17NO7S2. The van der Waals surface area contributed by atoms with Gasteiger partial charge in [0.05, 0.1) is 23.0 Å². The van der Waals surface area contributed by atoms with E-state index in [1.54, 1.807) is 16.3 Å². The van der Waals surface area contributed by atoms with Crippen molar-refractivity contribution < 1.29 is 31.0 Å². The van der Waals surface area contributed by atoms with Gasteiger partial charge in [-0.05, 0) is 24.3 Å². The molecule has 4 bridgehead atoms. The number of sulfonamides is 2. The third-order valence-electron chi connectivity index (χ3n) is 3.44. The van der Waals surface area contributed by atoms with Crippen molar-refractivity contribution in [3.05, 3.63) is 48.5 Å². The summed E-state index contributed by atoms with van der Waals surface area (Å²) in [5, 5.41) is 0. The largest absolute Gasteiger partial charge is 0.491 e. The maximum Gasteiger partial charge on any atom is 0.253 e. The van der Waals surface area contributed by atoms with Crippen molar-refractivity contribution in [2.75, 3.05) is 26.4 Å². The lowest BCUT2D eigenvalue weighted by molar-refractivity contribution is 0.0763. The summed E-state index contributed by atoms with van der Waals surface area (Å²) in [5.74, 6) is 0.582. The van der Waals surface area contributed by atoms with Gasteiger partial charge in [0.1, 0.15) is 24.7 Å². The summed E-state index contributed by atoms with van der Waals surface area (Å²) in [6.07, 6.45) is 0. The van der Waals surface area contributed by atoms with Gasteiger partial charge in [-0.25, -0.2) is 16.8 Å². The number of hydrogen-bond donors (Lipinski definition) is 1. The molecule has 1 aliphatic rings. The SMILES string of the molecule is O=S1(=O)NS(=O)(=O)c2cccc(c2)OCCOCCOc2cccc1c2. The van der Waals surface area contributed by atoms with E-state index >= 15 is 0 Å². The van der Waals surface area contributed by atoms with Crippen molar-refractivity contribution >= 4 is 20.0 Å². The van der Waals surface area contributed by atoms with Gasteiger partial charge in [0.25, 0.3) is 20.0 Å². The Bertz CT molecular complexity index is 908. The fourth-order valence-corrected chi connectivity index (χ4v) is 5.23. The smallest absolute Gasteiger partial charge is 0.253 e. The standard InChI is InChI=1S/C16H17NO7S2/c18-25(19)15-5-1-3-13(11-15)23-9-7-22-8-10-24-14-4-2-6-16(12-14)26(20,21)17-25/h1-6,11-12,17H,7-10H2. The normalized spacial score (nSPS) is 19.7. The van der Waals surface area contributed by atoms with E-state index in [1.807, 2.05) is 0 Å². The molecule has 10 heteroatoms. The van der Waals surface area contributed by atoms with E-state index in [-0.39, 0.29) is 23.0 Å². The Kier molecular flexibility index (Phi) is 5.47. The predicted molar refractivity (Wildman–Crippen MR) is 92.2 cm³/mol. The second-order valence-electron chi connectivity index (χ2n) is 5.35. The first kappa shape index (κ1) is 18.6. The second-order valence-corrected chi connectivity index (χ2v) is 8.97. The fraction of sp³-hybridized carbons (Fsp3) is 0.250. The van der Waals surface area contributed by atoms with E-state index in [0.717, 1.165) is 0 Å². The Hall–Kier alpha value is -2.14. The number of benzene rings is 2. The van der Waals surface area contributed by atoms with Crippen LogP contribution in [0.3, 0.4) is 0 Å². The number of nitrogens with one attached hydrogen (secondary N) is 1. The van der Waals surface area contributed by atoms with Gasteiger partial charge in [-0.15, -0.1) is 4.13 Å². The molecule has 1 heterocycles. The Labute approximate surface area is 151 Å². The van der Waals surface area contributed by atoms with E-state index < -0.39 is 20.0 Å². The number of ether oxygens (including phenoxy) is 3. The maximum atomic E-state index is 12.5. The molecule has 0 spiro atoms. The first-order valence-corrected chi connectivity index (χ1v) is 10.7. The predicted octanol–water partition coefficient (Wildman–Crippen LogP) is 1.14. The van der Waals surface area contributed by atoms with Gasteiger partial charge in [0.2, 0.25) is 0 Å². The molecule has 0 atom stereocenters. The molecule has 26 heavy (non-hydrogen) atoms. The topological polar surface area (TPSA) is 108 Å².